The fourth-order valence-corrected chi connectivity index (χ4v) is 3.45. The third-order valence-electron chi connectivity index (χ3n) is 4.76. The van der Waals surface area contributed by atoms with Crippen molar-refractivity contribution >= 4 is 17.6 Å². The first-order valence-corrected chi connectivity index (χ1v) is 9.04. The van der Waals surface area contributed by atoms with E-state index in [2.05, 4.69) is 10.6 Å². The van der Waals surface area contributed by atoms with Crippen LogP contribution in [0, 0.1) is 0 Å². The molecule has 138 valence electrons. The van der Waals surface area contributed by atoms with E-state index in [9.17, 15) is 9.90 Å². The number of nitrogens with one attached hydrogen (secondary N) is 2. The number of urea groups is 1. The third kappa shape index (κ3) is 4.29. The summed E-state index contributed by atoms with van der Waals surface area (Å²) in [4.78, 5) is 12.1. The fourth-order valence-electron chi connectivity index (χ4n) is 3.32. The quantitative estimate of drug-likeness (QED) is 0.751. The average Bonchev–Trinajstić information content (AvgIpc) is 2.66. The molecule has 0 fully saturated rings. The maximum absolute atomic E-state index is 12.1. The Morgan fingerprint density at radius 3 is 2.73 bits per heavy atom. The summed E-state index contributed by atoms with van der Waals surface area (Å²) in [7, 11) is 1.63. The first-order chi connectivity index (χ1) is 12.5. The number of aryl methyl sites for hydroxylation is 1. The highest BCUT2D eigenvalue weighted by Crippen LogP contribution is 2.36. The normalized spacial score (nSPS) is 18.7. The lowest BCUT2D eigenvalue weighted by molar-refractivity contribution is 0.0216. The van der Waals surface area contributed by atoms with Crippen LogP contribution in [0.4, 0.5) is 4.79 Å². The van der Waals surface area contributed by atoms with Crippen LogP contribution in [0.2, 0.25) is 5.02 Å². The van der Waals surface area contributed by atoms with Crippen LogP contribution in [0.15, 0.2) is 42.5 Å². The number of carbonyl (C=O) groups is 1. The molecule has 3 rings (SSSR count). The second-order valence-corrected chi connectivity index (χ2v) is 7.01. The molecule has 1 aliphatic rings. The van der Waals surface area contributed by atoms with E-state index >= 15 is 0 Å². The Morgan fingerprint density at radius 1 is 1.23 bits per heavy atom. The van der Waals surface area contributed by atoms with Crippen molar-refractivity contribution in [3.05, 3.63) is 64.2 Å². The second-order valence-electron chi connectivity index (χ2n) is 6.57. The first kappa shape index (κ1) is 18.5. The summed E-state index contributed by atoms with van der Waals surface area (Å²) in [5, 5.41) is 17.3. The van der Waals surface area contributed by atoms with Crippen LogP contribution in [0.25, 0.3) is 0 Å². The van der Waals surface area contributed by atoms with Crippen LogP contribution in [0.1, 0.15) is 29.5 Å². The Hall–Kier alpha value is -2.24. The Labute approximate surface area is 158 Å². The maximum atomic E-state index is 12.1. The SMILES string of the molecule is COc1ccc2c(c1)CCCC2(O)CNC(=O)NCc1ccc(Cl)cc1. The summed E-state index contributed by atoms with van der Waals surface area (Å²) in [5.74, 6) is 0.779. The number of hydrogen-bond acceptors (Lipinski definition) is 3. The van der Waals surface area contributed by atoms with Crippen molar-refractivity contribution in [3.63, 3.8) is 0 Å². The lowest BCUT2D eigenvalue weighted by Gasteiger charge is -2.34. The molecule has 1 aliphatic carbocycles. The average molecular weight is 375 g/mol. The lowest BCUT2D eigenvalue weighted by Crippen LogP contribution is -2.46. The van der Waals surface area contributed by atoms with Crippen molar-refractivity contribution < 1.29 is 14.6 Å². The molecule has 1 atom stereocenters. The number of carbonyl (C=O) groups excluding carboxylic acids is 1. The minimum atomic E-state index is -1.06. The second kappa shape index (κ2) is 7.98. The van der Waals surface area contributed by atoms with Gasteiger partial charge in [-0.1, -0.05) is 29.8 Å². The van der Waals surface area contributed by atoms with Crippen molar-refractivity contribution in [1.29, 1.82) is 0 Å². The number of methoxy groups -OCH3 is 1. The van der Waals surface area contributed by atoms with E-state index in [0.717, 1.165) is 35.3 Å². The van der Waals surface area contributed by atoms with Gasteiger partial charge in [0.2, 0.25) is 0 Å². The molecule has 0 aliphatic heterocycles. The number of aliphatic hydroxyl groups is 1. The molecule has 0 saturated heterocycles. The molecule has 0 aromatic heterocycles. The van der Waals surface area contributed by atoms with Crippen LogP contribution in [-0.4, -0.2) is 24.8 Å². The van der Waals surface area contributed by atoms with Crippen molar-refractivity contribution in [1.82, 2.24) is 10.6 Å². The van der Waals surface area contributed by atoms with Gasteiger partial charge >= 0.3 is 6.03 Å². The highest BCUT2D eigenvalue weighted by Gasteiger charge is 2.34. The molecule has 0 spiro atoms. The van der Waals surface area contributed by atoms with E-state index in [1.165, 1.54) is 0 Å². The highest BCUT2D eigenvalue weighted by atomic mass is 35.5. The van der Waals surface area contributed by atoms with Crippen LogP contribution in [0.5, 0.6) is 5.75 Å². The first-order valence-electron chi connectivity index (χ1n) is 8.66. The van der Waals surface area contributed by atoms with Gasteiger partial charge in [-0.05, 0) is 60.2 Å². The van der Waals surface area contributed by atoms with Crippen molar-refractivity contribution in [2.45, 2.75) is 31.4 Å². The molecule has 0 bridgehead atoms. The topological polar surface area (TPSA) is 70.6 Å². The Bertz CT molecular complexity index is 779. The van der Waals surface area contributed by atoms with Gasteiger partial charge in [0.05, 0.1) is 13.7 Å². The molecule has 0 radical (unpaired) electrons. The number of halogens is 1. The van der Waals surface area contributed by atoms with Gasteiger partial charge in [0.1, 0.15) is 11.4 Å². The molecule has 5 nitrogen and oxygen atoms in total. The van der Waals surface area contributed by atoms with Gasteiger partial charge in [-0.3, -0.25) is 0 Å². The number of amides is 2. The number of benzene rings is 2. The number of rotatable bonds is 5. The molecular weight excluding hydrogens is 352 g/mol. The highest BCUT2D eigenvalue weighted by molar-refractivity contribution is 6.30. The predicted molar refractivity (Wildman–Crippen MR) is 102 cm³/mol. The minimum Gasteiger partial charge on any atom is -0.497 e. The molecular formula is C20H23ClN2O3. The van der Waals surface area contributed by atoms with Crippen LogP contribution >= 0.6 is 11.6 Å². The predicted octanol–water partition coefficient (Wildman–Crippen LogP) is 3.37. The Morgan fingerprint density at radius 2 is 2.00 bits per heavy atom. The monoisotopic (exact) mass is 374 g/mol. The van der Waals surface area contributed by atoms with Gasteiger partial charge in [-0.15, -0.1) is 0 Å². The summed E-state index contributed by atoms with van der Waals surface area (Å²) in [6.07, 6.45) is 2.38. The lowest BCUT2D eigenvalue weighted by atomic mass is 9.79. The van der Waals surface area contributed by atoms with E-state index in [4.69, 9.17) is 16.3 Å². The molecule has 2 aromatic rings. The number of fused-ring (bicyclic) bond motifs is 1. The van der Waals surface area contributed by atoms with Gasteiger partial charge in [-0.2, -0.15) is 0 Å². The van der Waals surface area contributed by atoms with Crippen LogP contribution in [0.3, 0.4) is 0 Å². The molecule has 2 amide bonds. The minimum absolute atomic E-state index is 0.165. The zero-order valence-corrected chi connectivity index (χ0v) is 15.5. The van der Waals surface area contributed by atoms with E-state index < -0.39 is 5.60 Å². The van der Waals surface area contributed by atoms with Crippen molar-refractivity contribution in [2.24, 2.45) is 0 Å². The van der Waals surface area contributed by atoms with Gasteiger partial charge in [0, 0.05) is 11.6 Å². The van der Waals surface area contributed by atoms with E-state index in [-0.39, 0.29) is 12.6 Å². The summed E-state index contributed by atoms with van der Waals surface area (Å²) < 4.78 is 5.26. The molecule has 26 heavy (non-hydrogen) atoms. The molecule has 3 N–H and O–H groups in total. The maximum Gasteiger partial charge on any atom is 0.315 e. The summed E-state index contributed by atoms with van der Waals surface area (Å²) in [6.45, 7) is 0.563. The third-order valence-corrected chi connectivity index (χ3v) is 5.01. The smallest absolute Gasteiger partial charge is 0.315 e. The van der Waals surface area contributed by atoms with Crippen LogP contribution in [-0.2, 0) is 18.6 Å². The zero-order chi connectivity index (χ0) is 18.6. The fraction of sp³-hybridized carbons (Fsp3) is 0.350. The molecule has 0 heterocycles. The van der Waals surface area contributed by atoms with E-state index in [1.807, 2.05) is 30.3 Å². The van der Waals surface area contributed by atoms with Crippen molar-refractivity contribution in [3.8, 4) is 5.75 Å². The van der Waals surface area contributed by atoms with E-state index in [1.54, 1.807) is 19.2 Å². The zero-order valence-electron chi connectivity index (χ0n) is 14.7. The van der Waals surface area contributed by atoms with Gasteiger partial charge in [-0.25, -0.2) is 4.79 Å². The Balaban J connectivity index is 1.59. The van der Waals surface area contributed by atoms with Gasteiger partial charge in [0.25, 0.3) is 0 Å². The Kier molecular flexibility index (Phi) is 5.69. The van der Waals surface area contributed by atoms with Gasteiger partial charge < -0.3 is 20.5 Å². The standard InChI is InChI=1S/C20H23ClN2O3/c1-26-17-8-9-18-15(11-17)3-2-10-20(18,25)13-23-19(24)22-12-14-4-6-16(21)7-5-14/h4-9,11,25H,2-3,10,12-13H2,1H3,(H2,22,23,24). The summed E-state index contributed by atoms with van der Waals surface area (Å²) in [5.41, 5.74) is 1.83. The molecule has 2 aromatic carbocycles. The van der Waals surface area contributed by atoms with Crippen LogP contribution < -0.4 is 15.4 Å². The summed E-state index contributed by atoms with van der Waals surface area (Å²) in [6, 6.07) is 12.7. The van der Waals surface area contributed by atoms with Crippen molar-refractivity contribution in [2.75, 3.05) is 13.7 Å². The van der Waals surface area contributed by atoms with Gasteiger partial charge in [0.15, 0.2) is 0 Å². The number of ether oxygens (including phenoxy) is 1. The molecule has 0 saturated carbocycles. The number of hydrogen-bond donors (Lipinski definition) is 3. The summed E-state index contributed by atoms with van der Waals surface area (Å²) >= 11 is 5.85. The molecule has 1 unspecified atom stereocenters. The van der Waals surface area contributed by atoms with E-state index in [0.29, 0.717) is 18.0 Å². The molecule has 6 heteroatoms. The largest absolute Gasteiger partial charge is 0.497 e.